The van der Waals surface area contributed by atoms with Crippen molar-refractivity contribution < 1.29 is 26.4 Å². The smallest absolute Gasteiger partial charge is 0.351 e. The molecule has 5 rings (SSSR count). The number of aromatic nitrogens is 2. The molecule has 2 atom stereocenters. The summed E-state index contributed by atoms with van der Waals surface area (Å²) in [7, 11) is -3.29. The van der Waals surface area contributed by atoms with E-state index in [1.165, 1.54) is 15.6 Å². The van der Waals surface area contributed by atoms with Crippen LogP contribution in [0.4, 0.5) is 19.1 Å². The van der Waals surface area contributed by atoms with Crippen LogP contribution in [0.2, 0.25) is 0 Å². The fourth-order valence-corrected chi connectivity index (χ4v) is 8.22. The monoisotopic (exact) mass is 572 g/mol. The number of alkyl halides is 3. The van der Waals surface area contributed by atoms with E-state index >= 15 is 0 Å². The number of halogens is 3. The van der Waals surface area contributed by atoms with Gasteiger partial charge in [0.25, 0.3) is 5.91 Å². The number of thiophene rings is 1. The van der Waals surface area contributed by atoms with Gasteiger partial charge in [-0.2, -0.15) is 13.2 Å². The molecule has 3 aliphatic rings. The van der Waals surface area contributed by atoms with Gasteiger partial charge < -0.3 is 15.5 Å². The highest BCUT2D eigenvalue weighted by Crippen LogP contribution is 2.54. The summed E-state index contributed by atoms with van der Waals surface area (Å²) < 4.78 is 67.0. The first-order valence-corrected chi connectivity index (χ1v) is 15.4. The molecule has 0 bridgehead atoms. The van der Waals surface area contributed by atoms with Crippen LogP contribution >= 0.6 is 11.3 Å². The van der Waals surface area contributed by atoms with E-state index < -0.39 is 27.3 Å². The first kappa shape index (κ1) is 27.3. The van der Waals surface area contributed by atoms with Crippen LogP contribution in [0.25, 0.3) is 10.6 Å². The van der Waals surface area contributed by atoms with Crippen molar-refractivity contribution in [3.05, 3.63) is 28.3 Å². The Balaban J connectivity index is 1.46. The summed E-state index contributed by atoms with van der Waals surface area (Å²) >= 11 is 1.21. The number of likely N-dealkylation sites (N-methyl/N-ethyl adjacent to an activating group) is 1. The minimum absolute atomic E-state index is 0.0469. The van der Waals surface area contributed by atoms with Gasteiger partial charge in [0.1, 0.15) is 5.56 Å². The average molecular weight is 573 g/mol. The molecule has 9 nitrogen and oxygen atoms in total. The largest absolute Gasteiger partial charge is 0.420 e. The van der Waals surface area contributed by atoms with Crippen molar-refractivity contribution in [1.82, 2.24) is 24.5 Å². The molecule has 0 radical (unpaired) electrons. The number of rotatable bonds is 7. The molecule has 208 valence electrons. The molecule has 2 N–H and O–H groups in total. The maximum atomic E-state index is 14.0. The zero-order chi connectivity index (χ0) is 27.5. The molecule has 0 spiro atoms. The SMILES string of the molecule is CCNC1CN2C(=O)c3cc(-c4nc(NC5CCN(S(C)(=O)=O)CC5)ncc4C(F)(F)F)sc3C2(CC)C1. The van der Waals surface area contributed by atoms with Crippen LogP contribution in [0.1, 0.15) is 60.3 Å². The molecule has 5 heterocycles. The quantitative estimate of drug-likeness (QED) is 0.523. The van der Waals surface area contributed by atoms with E-state index in [1.807, 2.05) is 18.7 Å². The summed E-state index contributed by atoms with van der Waals surface area (Å²) in [5, 5.41) is 6.49. The van der Waals surface area contributed by atoms with Crippen molar-refractivity contribution in [2.75, 3.05) is 37.8 Å². The van der Waals surface area contributed by atoms with E-state index in [2.05, 4.69) is 20.6 Å². The van der Waals surface area contributed by atoms with E-state index in [0.29, 0.717) is 50.9 Å². The average Bonchev–Trinajstić information content (AvgIpc) is 3.50. The molecular formula is C24H31F3N6O3S2. The second-order valence-electron chi connectivity index (χ2n) is 10.1. The highest BCUT2D eigenvalue weighted by atomic mass is 32.2. The molecule has 2 fully saturated rings. The van der Waals surface area contributed by atoms with Crippen LogP contribution in [0.5, 0.6) is 0 Å². The molecule has 2 aromatic rings. The molecule has 14 heteroatoms. The Labute approximate surface area is 223 Å². The van der Waals surface area contributed by atoms with Crippen LogP contribution in [-0.4, -0.2) is 78.0 Å². The highest BCUT2D eigenvalue weighted by Gasteiger charge is 2.55. The molecule has 0 saturated carbocycles. The Kier molecular flexibility index (Phi) is 6.98. The minimum Gasteiger partial charge on any atom is -0.351 e. The zero-order valence-corrected chi connectivity index (χ0v) is 23.1. The maximum Gasteiger partial charge on any atom is 0.420 e. The fourth-order valence-electron chi connectivity index (χ4n) is 5.91. The fraction of sp³-hybridized carbons (Fsp3) is 0.625. The molecule has 2 saturated heterocycles. The second-order valence-corrected chi connectivity index (χ2v) is 13.2. The second kappa shape index (κ2) is 9.72. The van der Waals surface area contributed by atoms with E-state index in [4.69, 9.17) is 0 Å². The normalized spacial score (nSPS) is 24.6. The molecule has 2 aromatic heterocycles. The van der Waals surface area contributed by atoms with Gasteiger partial charge in [0.15, 0.2) is 0 Å². The van der Waals surface area contributed by atoms with Crippen molar-refractivity contribution in [3.63, 3.8) is 0 Å². The summed E-state index contributed by atoms with van der Waals surface area (Å²) in [5.41, 5.74) is -1.28. The van der Waals surface area contributed by atoms with Crippen molar-refractivity contribution in [3.8, 4) is 10.6 Å². The predicted octanol–water partition coefficient (Wildman–Crippen LogP) is 3.50. The third-order valence-electron chi connectivity index (χ3n) is 7.80. The summed E-state index contributed by atoms with van der Waals surface area (Å²) in [6.45, 7) is 5.98. The van der Waals surface area contributed by atoms with Crippen LogP contribution < -0.4 is 10.6 Å². The van der Waals surface area contributed by atoms with Gasteiger partial charge in [-0.05, 0) is 38.3 Å². The Morgan fingerprint density at radius 1 is 1.21 bits per heavy atom. The third-order valence-corrected chi connectivity index (χ3v) is 10.4. The lowest BCUT2D eigenvalue weighted by atomic mass is 9.91. The zero-order valence-electron chi connectivity index (χ0n) is 21.4. The van der Waals surface area contributed by atoms with E-state index in [-0.39, 0.29) is 34.5 Å². The number of piperidine rings is 1. The van der Waals surface area contributed by atoms with Crippen LogP contribution in [0.15, 0.2) is 12.3 Å². The maximum absolute atomic E-state index is 14.0. The Morgan fingerprint density at radius 2 is 1.92 bits per heavy atom. The lowest BCUT2D eigenvalue weighted by Crippen LogP contribution is -2.42. The molecule has 2 unspecified atom stereocenters. The first-order chi connectivity index (χ1) is 17.9. The lowest BCUT2D eigenvalue weighted by molar-refractivity contribution is -0.137. The standard InChI is InChI=1S/C24H31F3N6O3S2/c1-4-23-11-15(28-5-2)13-33(23)21(34)16-10-18(37-20(16)23)19-17(24(25,26)27)12-29-22(31-19)30-14-6-8-32(9-7-14)38(3,35)36/h10,12,14-15,28H,4-9,11,13H2,1-3H3,(H,29,30,31). The number of carbonyl (C=O) groups excluding carboxylic acids is 1. The third kappa shape index (κ3) is 4.69. The molecule has 38 heavy (non-hydrogen) atoms. The van der Waals surface area contributed by atoms with Crippen molar-refractivity contribution >= 4 is 33.2 Å². The number of fused-ring (bicyclic) bond motifs is 3. The Hall–Kier alpha value is -2.29. The first-order valence-electron chi connectivity index (χ1n) is 12.7. The summed E-state index contributed by atoms with van der Waals surface area (Å²) in [6, 6.07) is 1.51. The van der Waals surface area contributed by atoms with Gasteiger partial charge in [0.2, 0.25) is 16.0 Å². The number of hydrogen-bond donors (Lipinski definition) is 2. The van der Waals surface area contributed by atoms with E-state index in [9.17, 15) is 26.4 Å². The number of amides is 1. The van der Waals surface area contributed by atoms with Gasteiger partial charge >= 0.3 is 6.18 Å². The summed E-state index contributed by atoms with van der Waals surface area (Å²) in [5.74, 6) is -0.103. The Morgan fingerprint density at radius 3 is 2.53 bits per heavy atom. The highest BCUT2D eigenvalue weighted by molar-refractivity contribution is 7.88. The van der Waals surface area contributed by atoms with Crippen molar-refractivity contribution in [2.24, 2.45) is 0 Å². The molecule has 0 aliphatic carbocycles. The van der Waals surface area contributed by atoms with Gasteiger partial charge in [-0.3, -0.25) is 4.79 Å². The van der Waals surface area contributed by atoms with Gasteiger partial charge in [-0.1, -0.05) is 13.8 Å². The van der Waals surface area contributed by atoms with Gasteiger partial charge in [0, 0.05) is 42.8 Å². The van der Waals surface area contributed by atoms with E-state index in [1.54, 1.807) is 6.07 Å². The minimum atomic E-state index is -4.68. The van der Waals surface area contributed by atoms with Crippen molar-refractivity contribution in [2.45, 2.75) is 63.3 Å². The van der Waals surface area contributed by atoms with E-state index in [0.717, 1.165) is 23.9 Å². The molecular weight excluding hydrogens is 541 g/mol. The summed E-state index contributed by atoms with van der Waals surface area (Å²) in [6.07, 6.45) is -0.393. The number of carbonyl (C=O) groups is 1. The Bertz CT molecular complexity index is 1340. The number of sulfonamides is 1. The number of hydrogen-bond acceptors (Lipinski definition) is 8. The van der Waals surface area contributed by atoms with Gasteiger partial charge in [-0.15, -0.1) is 11.3 Å². The molecule has 0 aromatic carbocycles. The number of nitrogens with one attached hydrogen (secondary N) is 2. The van der Waals surface area contributed by atoms with Gasteiger partial charge in [0.05, 0.1) is 27.9 Å². The molecule has 1 amide bonds. The topological polar surface area (TPSA) is 108 Å². The number of anilines is 1. The lowest BCUT2D eigenvalue weighted by Gasteiger charge is -2.31. The van der Waals surface area contributed by atoms with Crippen LogP contribution in [0.3, 0.4) is 0 Å². The van der Waals surface area contributed by atoms with Crippen molar-refractivity contribution in [1.29, 1.82) is 0 Å². The van der Waals surface area contributed by atoms with Gasteiger partial charge in [-0.25, -0.2) is 22.7 Å². The summed E-state index contributed by atoms with van der Waals surface area (Å²) in [4.78, 5) is 24.5. The predicted molar refractivity (Wildman–Crippen MR) is 138 cm³/mol. The van der Waals surface area contributed by atoms with Crippen LogP contribution in [-0.2, 0) is 21.7 Å². The number of nitrogens with zero attached hydrogens (tertiary/aromatic N) is 4. The molecule has 3 aliphatic heterocycles. The van der Waals surface area contributed by atoms with Crippen LogP contribution in [0, 0.1) is 0 Å².